The molecule has 0 amide bonds. The molecule has 2 rings (SSSR count). The van der Waals surface area contributed by atoms with E-state index in [1.54, 1.807) is 24.8 Å². The summed E-state index contributed by atoms with van der Waals surface area (Å²) in [6.45, 7) is 1.84. The number of carbonyl (C=O) groups excluding carboxylic acids is 1. The fourth-order valence-electron chi connectivity index (χ4n) is 1.52. The molecule has 0 aliphatic rings. The highest BCUT2D eigenvalue weighted by Crippen LogP contribution is 2.16. The largest absolute Gasteiger partial charge is 0.285 e. The molecule has 0 radical (unpaired) electrons. The molecule has 0 aliphatic carbocycles. The Morgan fingerprint density at radius 2 is 2.06 bits per heavy atom. The number of hydrogen-bond acceptors (Lipinski definition) is 4. The molecular formula is C9H10BrN5O. The molecule has 0 saturated heterocycles. The number of halogens is 1. The Morgan fingerprint density at radius 3 is 2.50 bits per heavy atom. The number of hydrogen-bond donors (Lipinski definition) is 0. The molecule has 2 heterocycles. The van der Waals surface area contributed by atoms with Crippen molar-refractivity contribution in [3.8, 4) is 0 Å². The summed E-state index contributed by atoms with van der Waals surface area (Å²) in [7, 11) is 3.41. The second-order valence-corrected chi connectivity index (χ2v) is 4.23. The van der Waals surface area contributed by atoms with Crippen molar-refractivity contribution in [1.82, 2.24) is 24.8 Å². The third-order valence-corrected chi connectivity index (χ3v) is 2.77. The summed E-state index contributed by atoms with van der Waals surface area (Å²) >= 11 is 3.20. The van der Waals surface area contributed by atoms with Crippen molar-refractivity contribution < 1.29 is 4.79 Å². The first-order valence-corrected chi connectivity index (χ1v) is 5.40. The van der Waals surface area contributed by atoms with Gasteiger partial charge in [-0.3, -0.25) is 9.48 Å². The van der Waals surface area contributed by atoms with Gasteiger partial charge in [0.25, 0.3) is 0 Å². The van der Waals surface area contributed by atoms with Crippen LogP contribution in [-0.2, 0) is 14.1 Å². The number of ketones is 1. The van der Waals surface area contributed by atoms with Crippen LogP contribution in [0.4, 0.5) is 0 Å². The molecule has 6 nitrogen and oxygen atoms in total. The first-order chi connectivity index (χ1) is 7.50. The smallest absolute Gasteiger partial charge is 0.231 e. The zero-order valence-electron chi connectivity index (χ0n) is 9.10. The van der Waals surface area contributed by atoms with Crippen molar-refractivity contribution in [3.05, 3.63) is 27.8 Å². The Morgan fingerprint density at radius 1 is 1.38 bits per heavy atom. The fourth-order valence-corrected chi connectivity index (χ4v) is 2.02. The zero-order chi connectivity index (χ0) is 11.9. The molecule has 0 saturated carbocycles. The number of nitrogens with zero attached hydrogens (tertiary/aromatic N) is 5. The molecule has 0 aliphatic heterocycles. The van der Waals surface area contributed by atoms with Crippen LogP contribution in [0.1, 0.15) is 21.9 Å². The number of rotatable bonds is 2. The molecule has 0 fully saturated rings. The molecule has 2 aromatic heterocycles. The van der Waals surface area contributed by atoms with E-state index >= 15 is 0 Å². The number of carbonyl (C=O) groups is 1. The van der Waals surface area contributed by atoms with E-state index < -0.39 is 0 Å². The Balaban J connectivity index is 2.51. The molecular weight excluding hydrogens is 274 g/mol. The molecule has 0 atom stereocenters. The van der Waals surface area contributed by atoms with E-state index in [2.05, 4.69) is 31.3 Å². The van der Waals surface area contributed by atoms with Gasteiger partial charge in [-0.2, -0.15) is 5.10 Å². The molecule has 0 bridgehead atoms. The van der Waals surface area contributed by atoms with Crippen molar-refractivity contribution in [2.45, 2.75) is 6.92 Å². The van der Waals surface area contributed by atoms with Gasteiger partial charge in [-0.25, -0.2) is 4.68 Å². The molecule has 7 heteroatoms. The second kappa shape index (κ2) is 3.82. The Hall–Kier alpha value is -1.50. The summed E-state index contributed by atoms with van der Waals surface area (Å²) in [5.41, 5.74) is 1.74. The lowest BCUT2D eigenvalue weighted by atomic mass is 10.2. The summed E-state index contributed by atoms with van der Waals surface area (Å²) in [5.74, 6) is -0.150. The maximum Gasteiger partial charge on any atom is 0.231 e. The van der Waals surface area contributed by atoms with Crippen molar-refractivity contribution in [2.75, 3.05) is 0 Å². The monoisotopic (exact) mass is 283 g/mol. The van der Waals surface area contributed by atoms with Gasteiger partial charge in [0.15, 0.2) is 4.60 Å². The SMILES string of the molecule is Cc1cc(C(=O)c2c(Br)nnn2C)n(C)n1. The summed E-state index contributed by atoms with van der Waals surface area (Å²) in [6, 6.07) is 1.74. The first kappa shape index (κ1) is 11.0. The fraction of sp³-hybridized carbons (Fsp3) is 0.333. The maximum absolute atomic E-state index is 12.2. The molecule has 0 spiro atoms. The van der Waals surface area contributed by atoms with Gasteiger partial charge in [0.1, 0.15) is 11.4 Å². The molecule has 0 unspecified atom stereocenters. The van der Waals surface area contributed by atoms with Crippen LogP contribution in [0, 0.1) is 6.92 Å². The lowest BCUT2D eigenvalue weighted by Crippen LogP contribution is -2.13. The molecule has 0 aromatic carbocycles. The first-order valence-electron chi connectivity index (χ1n) is 4.61. The third-order valence-electron chi connectivity index (χ3n) is 2.24. The summed E-state index contributed by atoms with van der Waals surface area (Å²) in [6.07, 6.45) is 0. The normalized spacial score (nSPS) is 10.8. The predicted octanol–water partition coefficient (Wildman–Crippen LogP) is 0.851. The van der Waals surface area contributed by atoms with Gasteiger partial charge in [0, 0.05) is 14.1 Å². The van der Waals surface area contributed by atoms with Crippen molar-refractivity contribution in [1.29, 1.82) is 0 Å². The lowest BCUT2D eigenvalue weighted by molar-refractivity contribution is 0.102. The molecule has 0 N–H and O–H groups in total. The van der Waals surface area contributed by atoms with E-state index in [4.69, 9.17) is 0 Å². The van der Waals surface area contributed by atoms with Gasteiger partial charge >= 0.3 is 0 Å². The molecule has 16 heavy (non-hydrogen) atoms. The van der Waals surface area contributed by atoms with Crippen LogP contribution in [0.5, 0.6) is 0 Å². The minimum absolute atomic E-state index is 0.150. The summed E-state index contributed by atoms with van der Waals surface area (Å²) in [4.78, 5) is 12.2. The van der Waals surface area contributed by atoms with E-state index in [1.165, 1.54) is 4.68 Å². The van der Waals surface area contributed by atoms with Gasteiger partial charge in [-0.15, -0.1) is 5.10 Å². The number of aromatic nitrogens is 5. The minimum atomic E-state index is -0.150. The van der Waals surface area contributed by atoms with Gasteiger partial charge in [-0.1, -0.05) is 5.21 Å². The molecule has 84 valence electrons. The summed E-state index contributed by atoms with van der Waals surface area (Å²) in [5, 5.41) is 11.7. The topological polar surface area (TPSA) is 65.6 Å². The van der Waals surface area contributed by atoms with Crippen molar-refractivity contribution in [2.24, 2.45) is 14.1 Å². The van der Waals surface area contributed by atoms with Crippen LogP contribution < -0.4 is 0 Å². The highest BCUT2D eigenvalue weighted by Gasteiger charge is 2.21. The predicted molar refractivity (Wildman–Crippen MR) is 60.1 cm³/mol. The Bertz CT molecular complexity index is 537. The van der Waals surface area contributed by atoms with Crippen molar-refractivity contribution >= 4 is 21.7 Å². The van der Waals surface area contributed by atoms with E-state index in [0.717, 1.165) is 5.69 Å². The van der Waals surface area contributed by atoms with Crippen LogP contribution in [-0.4, -0.2) is 30.6 Å². The highest BCUT2D eigenvalue weighted by atomic mass is 79.9. The van der Waals surface area contributed by atoms with Crippen LogP contribution in [0.15, 0.2) is 10.7 Å². The highest BCUT2D eigenvalue weighted by molar-refractivity contribution is 9.10. The van der Waals surface area contributed by atoms with Crippen LogP contribution >= 0.6 is 15.9 Å². The van der Waals surface area contributed by atoms with E-state index in [1.807, 2.05) is 6.92 Å². The van der Waals surface area contributed by atoms with Crippen LogP contribution in [0.2, 0.25) is 0 Å². The average molecular weight is 284 g/mol. The second-order valence-electron chi connectivity index (χ2n) is 3.48. The maximum atomic E-state index is 12.2. The minimum Gasteiger partial charge on any atom is -0.285 e. The lowest BCUT2D eigenvalue weighted by Gasteiger charge is -2.01. The van der Waals surface area contributed by atoms with Gasteiger partial charge in [0.2, 0.25) is 5.78 Å². The molecule has 2 aromatic rings. The van der Waals surface area contributed by atoms with Crippen molar-refractivity contribution in [3.63, 3.8) is 0 Å². The zero-order valence-corrected chi connectivity index (χ0v) is 10.7. The Labute approximate surface area is 100 Å². The van der Waals surface area contributed by atoms with E-state index in [-0.39, 0.29) is 5.78 Å². The Kier molecular flexibility index (Phi) is 2.63. The number of aryl methyl sites for hydroxylation is 3. The van der Waals surface area contributed by atoms with Gasteiger partial charge in [-0.05, 0) is 28.9 Å². The van der Waals surface area contributed by atoms with Gasteiger partial charge < -0.3 is 0 Å². The van der Waals surface area contributed by atoms with E-state index in [0.29, 0.717) is 16.0 Å². The van der Waals surface area contributed by atoms with Crippen LogP contribution in [0.3, 0.4) is 0 Å². The average Bonchev–Trinajstić information content (AvgIpc) is 2.70. The summed E-state index contributed by atoms with van der Waals surface area (Å²) < 4.78 is 3.44. The standard InChI is InChI=1S/C9H10BrN5O/c1-5-4-6(14(2)12-5)8(16)7-9(10)11-13-15(7)3/h4H,1-3H3. The van der Waals surface area contributed by atoms with Crippen LogP contribution in [0.25, 0.3) is 0 Å². The quantitative estimate of drug-likeness (QED) is 0.767. The van der Waals surface area contributed by atoms with Gasteiger partial charge in [0.05, 0.1) is 5.69 Å². The van der Waals surface area contributed by atoms with E-state index in [9.17, 15) is 4.79 Å². The third kappa shape index (κ3) is 1.67.